The normalized spacial score (nSPS) is 16.6. The van der Waals surface area contributed by atoms with Crippen molar-refractivity contribution < 1.29 is 39.0 Å². The van der Waals surface area contributed by atoms with Gasteiger partial charge in [-0.2, -0.15) is 0 Å². The molecule has 1 aliphatic heterocycles. The molecule has 1 fully saturated rings. The first kappa shape index (κ1) is 29.8. The third-order valence-corrected chi connectivity index (χ3v) is 6.40. The van der Waals surface area contributed by atoms with Crippen molar-refractivity contribution in [2.75, 3.05) is 0 Å². The zero-order valence-corrected chi connectivity index (χ0v) is 21.7. The summed E-state index contributed by atoms with van der Waals surface area (Å²) in [5.74, 6) is -4.93. The van der Waals surface area contributed by atoms with Crippen molar-refractivity contribution in [3.05, 3.63) is 71.8 Å². The number of rotatable bonds is 14. The number of carbonyl (C=O) groups excluding carboxylic acids is 4. The van der Waals surface area contributed by atoms with Crippen LogP contribution in [0.4, 0.5) is 0 Å². The molecule has 2 aromatic rings. The maximum atomic E-state index is 13.5. The Morgan fingerprint density at radius 3 is 1.73 bits per heavy atom. The van der Waals surface area contributed by atoms with Crippen molar-refractivity contribution >= 4 is 35.6 Å². The van der Waals surface area contributed by atoms with Crippen LogP contribution in [0.5, 0.6) is 0 Å². The lowest BCUT2D eigenvalue weighted by atomic mass is 10.0. The van der Waals surface area contributed by atoms with Gasteiger partial charge in [-0.25, -0.2) is 4.79 Å². The standard InChI is InChI=1S/C28H32N4O8/c33-23-13-11-19(29-23)25(36)31-22(16-18-9-5-2-6-10-18)27(38)32-21(15-17-7-3-1-4-8-17)26(37)30-20(28(39)40)12-14-24(34)35/h1-10,19-22H,11-16H2,(H,29,33)(H,30,37)(H,31,36)(H,32,38)(H,34,35)(H,39,40). The number of carboxylic acids is 2. The van der Waals surface area contributed by atoms with Crippen LogP contribution in [-0.2, 0) is 41.6 Å². The molecule has 0 saturated carbocycles. The lowest BCUT2D eigenvalue weighted by molar-refractivity contribution is -0.143. The number of aliphatic carboxylic acids is 2. The molecule has 1 saturated heterocycles. The van der Waals surface area contributed by atoms with E-state index < -0.39 is 60.2 Å². The summed E-state index contributed by atoms with van der Waals surface area (Å²) >= 11 is 0. The van der Waals surface area contributed by atoms with Crippen molar-refractivity contribution in [1.29, 1.82) is 0 Å². The Morgan fingerprint density at radius 2 is 1.27 bits per heavy atom. The predicted octanol–water partition coefficient (Wildman–Crippen LogP) is 0.154. The Kier molecular flexibility index (Phi) is 10.7. The Labute approximate surface area is 230 Å². The molecule has 6 N–H and O–H groups in total. The van der Waals surface area contributed by atoms with E-state index in [1.54, 1.807) is 60.7 Å². The summed E-state index contributed by atoms with van der Waals surface area (Å²) in [5, 5.41) is 28.6. The lowest BCUT2D eigenvalue weighted by Crippen LogP contribution is -2.58. The van der Waals surface area contributed by atoms with Gasteiger partial charge in [-0.15, -0.1) is 0 Å². The highest BCUT2D eigenvalue weighted by atomic mass is 16.4. The van der Waals surface area contributed by atoms with Crippen molar-refractivity contribution in [1.82, 2.24) is 21.3 Å². The summed E-state index contributed by atoms with van der Waals surface area (Å²) in [6, 6.07) is 13.0. The number of hydrogen-bond donors (Lipinski definition) is 6. The van der Waals surface area contributed by atoms with Crippen LogP contribution in [0.1, 0.15) is 36.8 Å². The molecule has 3 rings (SSSR count). The Hall–Kier alpha value is -4.74. The quantitative estimate of drug-likeness (QED) is 0.191. The number of hydrogen-bond acceptors (Lipinski definition) is 6. The van der Waals surface area contributed by atoms with Crippen LogP contribution in [0.2, 0.25) is 0 Å². The van der Waals surface area contributed by atoms with E-state index in [2.05, 4.69) is 21.3 Å². The van der Waals surface area contributed by atoms with E-state index in [0.29, 0.717) is 5.56 Å². The molecule has 4 amide bonds. The topological polar surface area (TPSA) is 191 Å². The number of nitrogens with one attached hydrogen (secondary N) is 4. The van der Waals surface area contributed by atoms with Crippen LogP contribution in [0.15, 0.2) is 60.7 Å². The molecule has 0 bridgehead atoms. The third-order valence-electron chi connectivity index (χ3n) is 6.40. The minimum Gasteiger partial charge on any atom is -0.481 e. The molecule has 12 nitrogen and oxygen atoms in total. The van der Waals surface area contributed by atoms with E-state index in [9.17, 15) is 33.9 Å². The van der Waals surface area contributed by atoms with Gasteiger partial charge in [0.05, 0.1) is 0 Å². The molecule has 1 heterocycles. The van der Waals surface area contributed by atoms with Crippen LogP contribution in [0, 0.1) is 0 Å². The van der Waals surface area contributed by atoms with Crippen molar-refractivity contribution in [3.63, 3.8) is 0 Å². The van der Waals surface area contributed by atoms with Gasteiger partial charge in [-0.1, -0.05) is 60.7 Å². The first-order valence-corrected chi connectivity index (χ1v) is 12.8. The zero-order chi connectivity index (χ0) is 29.1. The van der Waals surface area contributed by atoms with Crippen LogP contribution in [-0.4, -0.2) is 69.9 Å². The van der Waals surface area contributed by atoms with E-state index in [4.69, 9.17) is 5.11 Å². The Balaban J connectivity index is 1.81. The monoisotopic (exact) mass is 552 g/mol. The molecule has 40 heavy (non-hydrogen) atoms. The highest BCUT2D eigenvalue weighted by Crippen LogP contribution is 2.11. The molecule has 0 aromatic heterocycles. The number of carboxylic acid groups (broad SMARTS) is 2. The van der Waals surface area contributed by atoms with Crippen LogP contribution in [0.25, 0.3) is 0 Å². The molecule has 4 atom stereocenters. The van der Waals surface area contributed by atoms with Gasteiger partial charge in [0.25, 0.3) is 0 Å². The Morgan fingerprint density at radius 1 is 0.775 bits per heavy atom. The van der Waals surface area contributed by atoms with Gasteiger partial charge in [-0.05, 0) is 24.0 Å². The van der Waals surface area contributed by atoms with E-state index in [1.165, 1.54) is 0 Å². The van der Waals surface area contributed by atoms with Gasteiger partial charge in [-0.3, -0.25) is 24.0 Å². The highest BCUT2D eigenvalue weighted by molar-refractivity contribution is 5.96. The van der Waals surface area contributed by atoms with Crippen LogP contribution >= 0.6 is 0 Å². The highest BCUT2D eigenvalue weighted by Gasteiger charge is 2.33. The maximum absolute atomic E-state index is 13.5. The van der Waals surface area contributed by atoms with Gasteiger partial charge in [0.1, 0.15) is 24.2 Å². The van der Waals surface area contributed by atoms with Crippen molar-refractivity contribution in [2.45, 2.75) is 62.7 Å². The first-order valence-electron chi connectivity index (χ1n) is 12.8. The van der Waals surface area contributed by atoms with E-state index in [1.807, 2.05) is 0 Å². The van der Waals surface area contributed by atoms with E-state index in [-0.39, 0.29) is 38.0 Å². The SMILES string of the molecule is O=C(O)CCC(NC(=O)C(Cc1ccccc1)NC(=O)C(Cc1ccccc1)NC(=O)C1CCC(=O)N1)C(=O)O. The lowest BCUT2D eigenvalue weighted by Gasteiger charge is -2.25. The van der Waals surface area contributed by atoms with Crippen molar-refractivity contribution in [2.24, 2.45) is 0 Å². The number of benzene rings is 2. The fraction of sp³-hybridized carbons (Fsp3) is 0.357. The summed E-state index contributed by atoms with van der Waals surface area (Å²) in [4.78, 5) is 73.8. The molecule has 0 spiro atoms. The smallest absolute Gasteiger partial charge is 0.326 e. The largest absolute Gasteiger partial charge is 0.481 e. The Bertz CT molecular complexity index is 1220. The minimum atomic E-state index is -1.48. The second-order valence-electron chi connectivity index (χ2n) is 9.49. The summed E-state index contributed by atoms with van der Waals surface area (Å²) in [6.45, 7) is 0. The molecule has 1 aliphatic rings. The molecule has 0 aliphatic carbocycles. The summed E-state index contributed by atoms with van der Waals surface area (Å²) < 4.78 is 0. The summed E-state index contributed by atoms with van der Waals surface area (Å²) in [6.07, 6.45) is -0.239. The summed E-state index contributed by atoms with van der Waals surface area (Å²) in [7, 11) is 0. The molecular formula is C28H32N4O8. The molecule has 4 unspecified atom stereocenters. The fourth-order valence-electron chi connectivity index (χ4n) is 4.27. The van der Waals surface area contributed by atoms with Gasteiger partial charge < -0.3 is 31.5 Å². The zero-order valence-electron chi connectivity index (χ0n) is 21.7. The fourth-order valence-corrected chi connectivity index (χ4v) is 4.27. The van der Waals surface area contributed by atoms with Crippen molar-refractivity contribution in [3.8, 4) is 0 Å². The number of amides is 4. The van der Waals surface area contributed by atoms with E-state index in [0.717, 1.165) is 5.56 Å². The third kappa shape index (κ3) is 9.22. The molecular weight excluding hydrogens is 520 g/mol. The second kappa shape index (κ2) is 14.4. The maximum Gasteiger partial charge on any atom is 0.326 e. The second-order valence-corrected chi connectivity index (χ2v) is 9.49. The minimum absolute atomic E-state index is 0.00830. The first-order chi connectivity index (χ1) is 19.1. The summed E-state index contributed by atoms with van der Waals surface area (Å²) in [5.41, 5.74) is 1.42. The van der Waals surface area contributed by atoms with Gasteiger partial charge in [0, 0.05) is 25.7 Å². The van der Waals surface area contributed by atoms with Crippen LogP contribution < -0.4 is 21.3 Å². The average Bonchev–Trinajstić information content (AvgIpc) is 3.37. The van der Waals surface area contributed by atoms with Gasteiger partial charge in [0.15, 0.2) is 0 Å². The predicted molar refractivity (Wildman–Crippen MR) is 142 cm³/mol. The molecule has 12 heteroatoms. The molecule has 0 radical (unpaired) electrons. The van der Waals surface area contributed by atoms with Gasteiger partial charge in [0.2, 0.25) is 23.6 Å². The van der Waals surface area contributed by atoms with E-state index >= 15 is 0 Å². The van der Waals surface area contributed by atoms with Crippen LogP contribution in [0.3, 0.4) is 0 Å². The molecule has 2 aromatic carbocycles. The average molecular weight is 553 g/mol. The van der Waals surface area contributed by atoms with Gasteiger partial charge >= 0.3 is 11.9 Å². The molecule has 212 valence electrons. The number of carbonyl (C=O) groups is 6.